The van der Waals surface area contributed by atoms with Gasteiger partial charge in [-0.3, -0.25) is 0 Å². The first-order valence-corrected chi connectivity index (χ1v) is 17.5. The average molecular weight is 691 g/mol. The predicted octanol–water partition coefficient (Wildman–Crippen LogP) is 10.8. The molecular weight excluding hydrogens is 661 g/mol. The van der Waals surface area contributed by atoms with Crippen molar-refractivity contribution in [2.75, 3.05) is 5.32 Å². The number of thiophene rings is 2. The molecule has 244 valence electrons. The number of rotatable bonds is 9. The summed E-state index contributed by atoms with van der Waals surface area (Å²) in [5, 5.41) is 31.8. The zero-order chi connectivity index (χ0) is 35.0. The summed E-state index contributed by atoms with van der Waals surface area (Å²) in [6, 6.07) is 39.9. The second-order valence-corrected chi connectivity index (χ2v) is 14.7. The van der Waals surface area contributed by atoms with Gasteiger partial charge in [-0.05, 0) is 99.6 Å². The summed E-state index contributed by atoms with van der Waals surface area (Å²) < 4.78 is 0. The van der Waals surface area contributed by atoms with Crippen LogP contribution in [0.1, 0.15) is 40.3 Å². The van der Waals surface area contributed by atoms with E-state index in [0.717, 1.165) is 37.1 Å². The highest BCUT2D eigenvalue weighted by Gasteiger charge is 2.35. The van der Waals surface area contributed by atoms with Gasteiger partial charge in [-0.2, -0.15) is 5.26 Å². The summed E-state index contributed by atoms with van der Waals surface area (Å²) >= 11 is 2.88. The second kappa shape index (κ2) is 13.1. The third-order valence-electron chi connectivity index (χ3n) is 8.93. The molecule has 8 heteroatoms. The molecule has 0 fully saturated rings. The van der Waals surface area contributed by atoms with Crippen molar-refractivity contribution in [1.82, 2.24) is 0 Å². The Morgan fingerprint density at radius 2 is 1.26 bits per heavy atom. The zero-order valence-corrected chi connectivity index (χ0v) is 28.7. The Kier molecular flexibility index (Phi) is 8.54. The van der Waals surface area contributed by atoms with Crippen molar-refractivity contribution in [1.29, 1.82) is 5.26 Å². The van der Waals surface area contributed by atoms with E-state index in [9.17, 15) is 14.7 Å². The molecule has 6 aromatic rings. The Morgan fingerprint density at radius 3 is 1.88 bits per heavy atom. The van der Waals surface area contributed by atoms with Crippen molar-refractivity contribution < 1.29 is 19.8 Å². The van der Waals surface area contributed by atoms with E-state index in [1.54, 1.807) is 30.3 Å². The van der Waals surface area contributed by atoms with Crippen LogP contribution in [0.25, 0.3) is 49.7 Å². The number of nitrogens with one attached hydrogen (secondary N) is 1. The monoisotopic (exact) mass is 690 g/mol. The van der Waals surface area contributed by atoms with Crippen LogP contribution in [0.3, 0.4) is 0 Å². The molecule has 1 aliphatic carbocycles. The lowest BCUT2D eigenvalue weighted by Crippen LogP contribution is -2.15. The predicted molar refractivity (Wildman–Crippen MR) is 204 cm³/mol. The van der Waals surface area contributed by atoms with E-state index in [0.29, 0.717) is 10.4 Å². The van der Waals surface area contributed by atoms with Crippen LogP contribution in [0.4, 0.5) is 11.4 Å². The van der Waals surface area contributed by atoms with Gasteiger partial charge in [-0.15, -0.1) is 22.7 Å². The molecule has 3 N–H and O–H groups in total. The third kappa shape index (κ3) is 6.28. The van der Waals surface area contributed by atoms with Crippen LogP contribution in [0.15, 0.2) is 121 Å². The molecule has 0 aliphatic heterocycles. The Morgan fingerprint density at radius 1 is 0.680 bits per heavy atom. The van der Waals surface area contributed by atoms with E-state index in [1.807, 2.05) is 30.3 Å². The third-order valence-corrected chi connectivity index (χ3v) is 11.1. The smallest absolute Gasteiger partial charge is 0.346 e. The van der Waals surface area contributed by atoms with E-state index in [4.69, 9.17) is 10.4 Å². The zero-order valence-electron chi connectivity index (χ0n) is 27.1. The molecule has 6 nitrogen and oxygen atoms in total. The van der Waals surface area contributed by atoms with Crippen LogP contribution < -0.4 is 5.32 Å². The number of carbonyl (C=O) groups is 2. The minimum atomic E-state index is -1.27. The first-order valence-electron chi connectivity index (χ1n) is 15.8. The minimum Gasteiger partial charge on any atom is -0.478 e. The number of fused-ring (bicyclic) bond motifs is 3. The largest absolute Gasteiger partial charge is 0.478 e. The van der Waals surface area contributed by atoms with Gasteiger partial charge in [0, 0.05) is 36.3 Å². The summed E-state index contributed by atoms with van der Waals surface area (Å²) in [5.41, 5.74) is 9.54. The number of aliphatic carboxylic acids is 2. The molecule has 1 aliphatic rings. The summed E-state index contributed by atoms with van der Waals surface area (Å²) in [6.07, 6.45) is 3.03. The molecule has 50 heavy (non-hydrogen) atoms. The number of nitriles is 1. The molecule has 2 heterocycles. The van der Waals surface area contributed by atoms with Gasteiger partial charge in [-0.25, -0.2) is 9.59 Å². The Labute approximate surface area is 297 Å². The molecule has 0 radical (unpaired) electrons. The maximum atomic E-state index is 12.3. The summed E-state index contributed by atoms with van der Waals surface area (Å²) in [6.45, 7) is 4.55. The van der Waals surface area contributed by atoms with Crippen molar-refractivity contribution in [3.63, 3.8) is 0 Å². The number of hydrogen-bond acceptors (Lipinski definition) is 6. The Hall–Kier alpha value is -6.01. The van der Waals surface area contributed by atoms with Crippen LogP contribution in [-0.2, 0) is 15.0 Å². The number of carboxylic acids is 2. The molecule has 2 aromatic heterocycles. The standard InChI is InChI=1S/C42H30N2O4S2/c1-42(2)36-6-4-3-5-33(36)34-18-15-30(22-37(34)42)44-29-13-11-27(12-14-29)39-20-17-32(50-39)23-35(41(47)48)25-7-9-26(10-8-25)38-19-16-31(49-38)21-28(24-43)40(45)46/h3-23,44H,1-2H3,(H,45,46)(H,47,48)/b28-21+,35-23+. The Balaban J connectivity index is 1.05. The molecule has 0 saturated carbocycles. The molecule has 4 aromatic carbocycles. The highest BCUT2D eigenvalue weighted by molar-refractivity contribution is 7.16. The number of anilines is 2. The number of benzene rings is 4. The molecule has 0 bridgehead atoms. The molecule has 0 atom stereocenters. The lowest BCUT2D eigenvalue weighted by molar-refractivity contribution is -0.132. The lowest BCUT2D eigenvalue weighted by atomic mass is 9.82. The SMILES string of the molecule is CC1(C)c2ccccc2-c2ccc(Nc3ccc(-c4ccc(/C=C(/C(=O)O)c5ccc(-c6ccc(/C=C(\C#N)C(=O)O)s6)cc5)s4)cc3)cc21. The van der Waals surface area contributed by atoms with Crippen molar-refractivity contribution >= 4 is 63.7 Å². The molecule has 7 rings (SSSR count). The van der Waals surface area contributed by atoms with Crippen molar-refractivity contribution in [3.05, 3.63) is 147 Å². The van der Waals surface area contributed by atoms with Crippen molar-refractivity contribution in [2.24, 2.45) is 0 Å². The number of carboxylic acid groups (broad SMARTS) is 2. The van der Waals surface area contributed by atoms with Gasteiger partial charge in [0.05, 0.1) is 5.57 Å². The van der Waals surface area contributed by atoms with Gasteiger partial charge in [0.15, 0.2) is 0 Å². The first kappa shape index (κ1) is 32.5. The number of hydrogen-bond donors (Lipinski definition) is 3. The van der Waals surface area contributed by atoms with E-state index in [2.05, 4.69) is 85.9 Å². The van der Waals surface area contributed by atoms with Crippen LogP contribution in [-0.4, -0.2) is 22.2 Å². The maximum Gasteiger partial charge on any atom is 0.346 e. The molecular formula is C42H30N2O4S2. The quantitative estimate of drug-likeness (QED) is 0.103. The molecule has 0 amide bonds. The van der Waals surface area contributed by atoms with E-state index < -0.39 is 11.9 Å². The van der Waals surface area contributed by atoms with Gasteiger partial charge in [-0.1, -0.05) is 80.6 Å². The summed E-state index contributed by atoms with van der Waals surface area (Å²) in [7, 11) is 0. The second-order valence-electron chi connectivity index (χ2n) is 12.5. The van der Waals surface area contributed by atoms with Crippen molar-refractivity contribution in [2.45, 2.75) is 19.3 Å². The lowest BCUT2D eigenvalue weighted by Gasteiger charge is -2.22. The van der Waals surface area contributed by atoms with E-state index in [-0.39, 0.29) is 16.6 Å². The Bertz CT molecular complexity index is 2390. The fourth-order valence-electron chi connectivity index (χ4n) is 6.35. The van der Waals surface area contributed by atoms with Crippen molar-refractivity contribution in [3.8, 4) is 38.1 Å². The van der Waals surface area contributed by atoms with Crippen LogP contribution in [0.2, 0.25) is 0 Å². The first-order chi connectivity index (χ1) is 24.1. The summed E-state index contributed by atoms with van der Waals surface area (Å²) in [4.78, 5) is 26.9. The fraction of sp³-hybridized carbons (Fsp3) is 0.0714. The molecule has 0 spiro atoms. The summed E-state index contributed by atoms with van der Waals surface area (Å²) in [5.74, 6) is -2.30. The highest BCUT2D eigenvalue weighted by Crippen LogP contribution is 2.49. The van der Waals surface area contributed by atoms with Gasteiger partial charge >= 0.3 is 11.9 Å². The van der Waals surface area contributed by atoms with Gasteiger partial charge < -0.3 is 15.5 Å². The topological polar surface area (TPSA) is 110 Å². The van der Waals surface area contributed by atoms with E-state index >= 15 is 0 Å². The molecule has 0 saturated heterocycles. The fourth-order valence-corrected chi connectivity index (χ4v) is 8.26. The van der Waals surface area contributed by atoms with Crippen LogP contribution in [0, 0.1) is 11.3 Å². The van der Waals surface area contributed by atoms with Gasteiger partial charge in [0.1, 0.15) is 11.6 Å². The van der Waals surface area contributed by atoms with Gasteiger partial charge in [0.25, 0.3) is 0 Å². The van der Waals surface area contributed by atoms with E-state index in [1.165, 1.54) is 51.0 Å². The highest BCUT2D eigenvalue weighted by atomic mass is 32.1. The van der Waals surface area contributed by atoms with Crippen LogP contribution >= 0.6 is 22.7 Å². The maximum absolute atomic E-state index is 12.3. The van der Waals surface area contributed by atoms with Crippen LogP contribution in [0.5, 0.6) is 0 Å². The molecule has 0 unspecified atom stereocenters. The normalized spacial score (nSPS) is 13.3. The average Bonchev–Trinajstić information content (AvgIpc) is 3.84. The van der Waals surface area contributed by atoms with Gasteiger partial charge in [0.2, 0.25) is 0 Å². The number of nitrogens with zero attached hydrogens (tertiary/aromatic N) is 1. The minimum absolute atomic E-state index is 0.0637.